The number of amides is 1. The van der Waals surface area contributed by atoms with Crippen LogP contribution in [0, 0.1) is 0 Å². The highest BCUT2D eigenvalue weighted by Crippen LogP contribution is 2.30. The van der Waals surface area contributed by atoms with E-state index in [9.17, 15) is 4.79 Å². The summed E-state index contributed by atoms with van der Waals surface area (Å²) < 4.78 is 5.70. The van der Waals surface area contributed by atoms with Crippen LogP contribution in [0.1, 0.15) is 40.0 Å². The number of carbonyl (C=O) groups is 1. The number of carbonyl (C=O) groups excluding carboxylic acids is 1. The third-order valence-corrected chi connectivity index (χ3v) is 5.74. The summed E-state index contributed by atoms with van der Waals surface area (Å²) in [7, 11) is 0. The van der Waals surface area contributed by atoms with Gasteiger partial charge in [-0.15, -0.1) is 10.2 Å². The minimum absolute atomic E-state index is 0.135. The Morgan fingerprint density at radius 2 is 1.88 bits per heavy atom. The molecule has 1 amide bonds. The monoisotopic (exact) mass is 379 g/mol. The first-order valence-corrected chi connectivity index (χ1v) is 9.79. The van der Waals surface area contributed by atoms with Gasteiger partial charge in [0.25, 0.3) is 5.22 Å². The Bertz CT molecular complexity index is 724. The zero-order chi connectivity index (χ0) is 18.0. The molecule has 3 atom stereocenters. The predicted octanol–water partition coefficient (Wildman–Crippen LogP) is 4.66. The lowest BCUT2D eigenvalue weighted by molar-refractivity contribution is -0.136. The fourth-order valence-electron chi connectivity index (χ4n) is 3.23. The number of benzene rings is 1. The maximum atomic E-state index is 12.8. The van der Waals surface area contributed by atoms with Crippen LogP contribution in [0.2, 0.25) is 5.02 Å². The molecule has 0 radical (unpaired) electrons. The lowest BCUT2D eigenvalue weighted by Crippen LogP contribution is -2.50. The van der Waals surface area contributed by atoms with Crippen molar-refractivity contribution in [1.29, 1.82) is 0 Å². The average Bonchev–Trinajstić information content (AvgIpc) is 3.03. The van der Waals surface area contributed by atoms with Crippen molar-refractivity contribution in [1.82, 2.24) is 15.1 Å². The number of aromatic nitrogens is 2. The summed E-state index contributed by atoms with van der Waals surface area (Å²) in [5, 5.41) is 8.93. The van der Waals surface area contributed by atoms with E-state index in [1.54, 1.807) is 12.1 Å². The Labute approximate surface area is 157 Å². The molecule has 1 aliphatic heterocycles. The van der Waals surface area contributed by atoms with Gasteiger partial charge in [-0.25, -0.2) is 0 Å². The zero-order valence-electron chi connectivity index (χ0n) is 14.6. The maximum Gasteiger partial charge on any atom is 0.277 e. The van der Waals surface area contributed by atoms with Gasteiger partial charge in [0.1, 0.15) is 0 Å². The minimum atomic E-state index is -0.262. The van der Waals surface area contributed by atoms with Crippen molar-refractivity contribution >= 4 is 29.3 Å². The van der Waals surface area contributed by atoms with Crippen LogP contribution in [0.4, 0.5) is 0 Å². The molecule has 1 saturated heterocycles. The summed E-state index contributed by atoms with van der Waals surface area (Å²) in [6.45, 7) is 6.14. The summed E-state index contributed by atoms with van der Waals surface area (Å²) in [6.07, 6.45) is 3.31. The molecule has 0 bridgehead atoms. The molecule has 25 heavy (non-hydrogen) atoms. The molecule has 1 fully saturated rings. The van der Waals surface area contributed by atoms with Crippen molar-refractivity contribution in [3.63, 3.8) is 0 Å². The predicted molar refractivity (Wildman–Crippen MR) is 99.7 cm³/mol. The van der Waals surface area contributed by atoms with Gasteiger partial charge in [-0.2, -0.15) is 0 Å². The molecule has 134 valence electrons. The number of thioether (sulfide) groups is 1. The van der Waals surface area contributed by atoms with Crippen molar-refractivity contribution in [2.24, 2.45) is 0 Å². The van der Waals surface area contributed by atoms with Gasteiger partial charge < -0.3 is 9.32 Å². The quantitative estimate of drug-likeness (QED) is 0.723. The Kier molecular flexibility index (Phi) is 5.69. The van der Waals surface area contributed by atoms with E-state index in [0.29, 0.717) is 16.1 Å². The van der Waals surface area contributed by atoms with Crippen LogP contribution < -0.4 is 0 Å². The summed E-state index contributed by atoms with van der Waals surface area (Å²) >= 11 is 7.20. The maximum absolute atomic E-state index is 12.8. The SMILES string of the molecule is C[C@@H](Sc1nnc(-c2ccc(Cl)cc2)o1)C(=O)N1[C@@H](C)CCC[C@@H]1C. The number of rotatable bonds is 4. The van der Waals surface area contributed by atoms with Gasteiger partial charge in [-0.3, -0.25) is 4.79 Å². The van der Waals surface area contributed by atoms with E-state index >= 15 is 0 Å². The number of nitrogens with zero attached hydrogens (tertiary/aromatic N) is 3. The van der Waals surface area contributed by atoms with Gasteiger partial charge in [0.05, 0.1) is 5.25 Å². The van der Waals surface area contributed by atoms with Gasteiger partial charge in [-0.1, -0.05) is 23.4 Å². The Morgan fingerprint density at radius 3 is 2.52 bits per heavy atom. The third-order valence-electron chi connectivity index (χ3n) is 4.57. The first kappa shape index (κ1) is 18.3. The van der Waals surface area contributed by atoms with Crippen LogP contribution in [-0.4, -0.2) is 38.3 Å². The highest BCUT2D eigenvalue weighted by atomic mass is 35.5. The van der Waals surface area contributed by atoms with Crippen molar-refractivity contribution in [2.75, 3.05) is 0 Å². The first-order valence-electron chi connectivity index (χ1n) is 8.54. The van der Waals surface area contributed by atoms with Gasteiger partial charge >= 0.3 is 0 Å². The molecule has 0 saturated carbocycles. The average molecular weight is 380 g/mol. The highest BCUT2D eigenvalue weighted by molar-refractivity contribution is 8.00. The first-order chi connectivity index (χ1) is 12.0. The second-order valence-electron chi connectivity index (χ2n) is 6.51. The van der Waals surface area contributed by atoms with E-state index in [0.717, 1.165) is 18.4 Å². The van der Waals surface area contributed by atoms with Gasteiger partial charge in [0, 0.05) is 22.7 Å². The Morgan fingerprint density at radius 1 is 1.24 bits per heavy atom. The second-order valence-corrected chi connectivity index (χ2v) is 8.24. The molecule has 1 aromatic carbocycles. The molecule has 2 heterocycles. The fraction of sp³-hybridized carbons (Fsp3) is 0.500. The second kappa shape index (κ2) is 7.79. The molecule has 1 aliphatic rings. The number of piperidine rings is 1. The molecule has 0 N–H and O–H groups in total. The van der Waals surface area contributed by atoms with Gasteiger partial charge in [-0.05, 0) is 64.3 Å². The Balaban J connectivity index is 1.67. The molecule has 2 aromatic rings. The normalized spacial score (nSPS) is 22.0. The molecule has 7 heteroatoms. The highest BCUT2D eigenvalue weighted by Gasteiger charge is 2.32. The number of hydrogen-bond acceptors (Lipinski definition) is 5. The Hall–Kier alpha value is -1.53. The van der Waals surface area contributed by atoms with Crippen LogP contribution in [0.15, 0.2) is 33.9 Å². The summed E-state index contributed by atoms with van der Waals surface area (Å²) in [4.78, 5) is 14.8. The zero-order valence-corrected chi connectivity index (χ0v) is 16.2. The molecule has 3 rings (SSSR count). The van der Waals surface area contributed by atoms with Gasteiger partial charge in [0.2, 0.25) is 11.8 Å². The van der Waals surface area contributed by atoms with E-state index in [1.807, 2.05) is 24.0 Å². The third kappa shape index (κ3) is 4.18. The lowest BCUT2D eigenvalue weighted by atomic mass is 9.97. The van der Waals surface area contributed by atoms with Crippen LogP contribution in [-0.2, 0) is 4.79 Å². The largest absolute Gasteiger partial charge is 0.411 e. The number of halogens is 1. The molecule has 0 aliphatic carbocycles. The minimum Gasteiger partial charge on any atom is -0.411 e. The lowest BCUT2D eigenvalue weighted by Gasteiger charge is -2.40. The molecular formula is C18H22ClN3O2S. The van der Waals surface area contributed by atoms with Crippen molar-refractivity contribution in [2.45, 2.75) is 62.6 Å². The summed E-state index contributed by atoms with van der Waals surface area (Å²) in [5.74, 6) is 0.564. The van der Waals surface area contributed by atoms with Crippen LogP contribution in [0.3, 0.4) is 0 Å². The van der Waals surface area contributed by atoms with Crippen LogP contribution >= 0.6 is 23.4 Å². The smallest absolute Gasteiger partial charge is 0.277 e. The topological polar surface area (TPSA) is 59.2 Å². The molecule has 5 nitrogen and oxygen atoms in total. The molecular weight excluding hydrogens is 358 g/mol. The standard InChI is InChI=1S/C18H22ClN3O2S/c1-11-5-4-6-12(2)22(11)17(23)13(3)25-18-21-20-16(24-18)14-7-9-15(19)10-8-14/h7-13H,4-6H2,1-3H3/t11-,12-,13+/m0/s1. The van der Waals surface area contributed by atoms with E-state index in [2.05, 4.69) is 24.0 Å². The van der Waals surface area contributed by atoms with Crippen LogP contribution in [0.5, 0.6) is 0 Å². The summed E-state index contributed by atoms with van der Waals surface area (Å²) in [6, 6.07) is 7.78. The number of likely N-dealkylation sites (tertiary alicyclic amines) is 1. The molecule has 0 unspecified atom stereocenters. The van der Waals surface area contributed by atoms with Crippen LogP contribution in [0.25, 0.3) is 11.5 Å². The van der Waals surface area contributed by atoms with E-state index in [-0.39, 0.29) is 23.2 Å². The summed E-state index contributed by atoms with van der Waals surface area (Å²) in [5.41, 5.74) is 0.806. The van der Waals surface area contributed by atoms with E-state index in [1.165, 1.54) is 18.2 Å². The van der Waals surface area contributed by atoms with Gasteiger partial charge in [0.15, 0.2) is 0 Å². The molecule has 1 aromatic heterocycles. The van der Waals surface area contributed by atoms with Crippen molar-refractivity contribution < 1.29 is 9.21 Å². The molecule has 0 spiro atoms. The fourth-order valence-corrected chi connectivity index (χ4v) is 4.10. The van der Waals surface area contributed by atoms with E-state index in [4.69, 9.17) is 16.0 Å². The van der Waals surface area contributed by atoms with Crippen molar-refractivity contribution in [3.05, 3.63) is 29.3 Å². The number of hydrogen-bond donors (Lipinski definition) is 0. The van der Waals surface area contributed by atoms with Crippen molar-refractivity contribution in [3.8, 4) is 11.5 Å². The van der Waals surface area contributed by atoms with E-state index < -0.39 is 0 Å².